The van der Waals surface area contributed by atoms with Crippen molar-refractivity contribution in [1.82, 2.24) is 9.97 Å². The van der Waals surface area contributed by atoms with Crippen molar-refractivity contribution in [3.63, 3.8) is 0 Å². The van der Waals surface area contributed by atoms with Gasteiger partial charge in [-0.25, -0.2) is 13.6 Å². The first-order valence-electron chi connectivity index (χ1n) is 7.98. The van der Waals surface area contributed by atoms with E-state index in [-0.39, 0.29) is 35.1 Å². The summed E-state index contributed by atoms with van der Waals surface area (Å²) in [5, 5.41) is 7.77. The van der Waals surface area contributed by atoms with Crippen LogP contribution in [0.15, 0.2) is 29.2 Å². The number of nitrogens with two attached hydrogens (primary N) is 1. The largest absolute Gasteiger partial charge is 0.481 e. The smallest absolute Gasteiger partial charge is 0.246 e. The molecule has 2 aromatic rings. The Morgan fingerprint density at radius 3 is 2.48 bits per heavy atom. The minimum atomic E-state index is -3.76. The SMILES string of the molecule is COc1cc(OC)nc(NC(=O)CN2CCc3cc(S(N)(=O)=O)ccc32)n1. The van der Waals surface area contributed by atoms with Gasteiger partial charge in [-0.3, -0.25) is 10.1 Å². The molecule has 1 aliphatic rings. The van der Waals surface area contributed by atoms with Crippen LogP contribution in [0.1, 0.15) is 5.56 Å². The topological polar surface area (TPSA) is 137 Å². The maximum Gasteiger partial charge on any atom is 0.246 e. The van der Waals surface area contributed by atoms with E-state index < -0.39 is 10.0 Å². The molecule has 10 nitrogen and oxygen atoms in total. The van der Waals surface area contributed by atoms with Gasteiger partial charge in [0.15, 0.2) is 0 Å². The quantitative estimate of drug-likeness (QED) is 0.707. The van der Waals surface area contributed by atoms with Gasteiger partial charge in [0, 0.05) is 12.2 Å². The van der Waals surface area contributed by atoms with Crippen molar-refractivity contribution in [2.75, 3.05) is 37.5 Å². The molecule has 0 aliphatic carbocycles. The number of primary sulfonamides is 1. The van der Waals surface area contributed by atoms with Crippen molar-refractivity contribution < 1.29 is 22.7 Å². The van der Waals surface area contributed by atoms with Gasteiger partial charge in [0.05, 0.1) is 31.7 Å². The molecule has 3 N–H and O–H groups in total. The average molecular weight is 393 g/mol. The lowest BCUT2D eigenvalue weighted by Crippen LogP contribution is -2.32. The molecule has 0 radical (unpaired) electrons. The number of anilines is 2. The summed E-state index contributed by atoms with van der Waals surface area (Å²) in [6, 6.07) is 6.12. The van der Waals surface area contributed by atoms with Gasteiger partial charge >= 0.3 is 0 Å². The third-order valence-corrected chi connectivity index (χ3v) is 4.97. The number of nitrogens with zero attached hydrogens (tertiary/aromatic N) is 3. The average Bonchev–Trinajstić information content (AvgIpc) is 3.02. The van der Waals surface area contributed by atoms with E-state index in [1.54, 1.807) is 12.1 Å². The molecule has 0 atom stereocenters. The normalized spacial score (nSPS) is 13.2. The Morgan fingerprint density at radius 2 is 1.89 bits per heavy atom. The minimum Gasteiger partial charge on any atom is -0.481 e. The second kappa shape index (κ2) is 7.37. The van der Waals surface area contributed by atoms with Crippen LogP contribution < -0.4 is 24.8 Å². The first kappa shape index (κ1) is 18.9. The summed E-state index contributed by atoms with van der Waals surface area (Å²) in [6.45, 7) is 0.643. The molecule has 0 spiro atoms. The lowest BCUT2D eigenvalue weighted by Gasteiger charge is -2.18. The molecule has 0 unspecified atom stereocenters. The number of hydrogen-bond donors (Lipinski definition) is 2. The highest BCUT2D eigenvalue weighted by molar-refractivity contribution is 7.89. The fourth-order valence-electron chi connectivity index (χ4n) is 2.79. The van der Waals surface area contributed by atoms with E-state index >= 15 is 0 Å². The van der Waals surface area contributed by atoms with E-state index in [9.17, 15) is 13.2 Å². The summed E-state index contributed by atoms with van der Waals surface area (Å²) < 4.78 is 33.0. The molecule has 1 aliphatic heterocycles. The van der Waals surface area contributed by atoms with E-state index in [0.717, 1.165) is 11.3 Å². The highest BCUT2D eigenvalue weighted by Gasteiger charge is 2.23. The number of methoxy groups -OCH3 is 2. The van der Waals surface area contributed by atoms with Gasteiger partial charge in [-0.2, -0.15) is 9.97 Å². The van der Waals surface area contributed by atoms with Crippen LogP contribution in [0.2, 0.25) is 0 Å². The zero-order valence-electron chi connectivity index (χ0n) is 14.8. The molecule has 144 valence electrons. The predicted molar refractivity (Wildman–Crippen MR) is 97.5 cm³/mol. The Labute approximate surface area is 156 Å². The standard InChI is InChI=1S/C16H19N5O5S/c1-25-14-8-15(26-2)20-16(19-14)18-13(22)9-21-6-5-10-7-11(27(17,23)24)3-4-12(10)21/h3-4,7-8H,5-6,9H2,1-2H3,(H2,17,23,24)(H,18,19,20,22). The van der Waals surface area contributed by atoms with Gasteiger partial charge < -0.3 is 14.4 Å². The summed E-state index contributed by atoms with van der Waals surface area (Å²) in [4.78, 5) is 22.4. The molecule has 1 aromatic carbocycles. The van der Waals surface area contributed by atoms with Crippen LogP contribution in [-0.4, -0.2) is 51.6 Å². The summed E-state index contributed by atoms with van der Waals surface area (Å²) in [5.41, 5.74) is 1.62. The van der Waals surface area contributed by atoms with Crippen molar-refractivity contribution in [3.8, 4) is 11.8 Å². The fourth-order valence-corrected chi connectivity index (χ4v) is 3.36. The zero-order chi connectivity index (χ0) is 19.6. The van der Waals surface area contributed by atoms with E-state index in [1.165, 1.54) is 26.4 Å². The van der Waals surface area contributed by atoms with Crippen molar-refractivity contribution >= 4 is 27.6 Å². The monoisotopic (exact) mass is 393 g/mol. The number of ether oxygens (including phenoxy) is 2. The van der Waals surface area contributed by atoms with Gasteiger partial charge in [-0.05, 0) is 30.2 Å². The van der Waals surface area contributed by atoms with Crippen LogP contribution >= 0.6 is 0 Å². The van der Waals surface area contributed by atoms with E-state index in [4.69, 9.17) is 14.6 Å². The molecule has 1 amide bonds. The van der Waals surface area contributed by atoms with E-state index in [2.05, 4.69) is 15.3 Å². The van der Waals surface area contributed by atoms with Crippen LogP contribution in [0.5, 0.6) is 11.8 Å². The number of benzene rings is 1. The van der Waals surface area contributed by atoms with Crippen molar-refractivity contribution in [2.45, 2.75) is 11.3 Å². The Kier molecular flexibility index (Phi) is 5.15. The van der Waals surface area contributed by atoms with Crippen molar-refractivity contribution in [1.29, 1.82) is 0 Å². The Bertz CT molecular complexity index is 957. The molecule has 0 bridgehead atoms. The number of hydrogen-bond acceptors (Lipinski definition) is 8. The number of nitrogens with one attached hydrogen (secondary N) is 1. The molecule has 27 heavy (non-hydrogen) atoms. The number of carbonyl (C=O) groups excluding carboxylic acids is 1. The second-order valence-electron chi connectivity index (χ2n) is 5.83. The van der Waals surface area contributed by atoms with Crippen LogP contribution in [0, 0.1) is 0 Å². The zero-order valence-corrected chi connectivity index (χ0v) is 15.6. The number of sulfonamides is 1. The summed E-state index contributed by atoms with van der Waals surface area (Å²) in [7, 11) is -0.859. The highest BCUT2D eigenvalue weighted by atomic mass is 32.2. The van der Waals surface area contributed by atoms with Crippen LogP contribution in [-0.2, 0) is 21.2 Å². The maximum atomic E-state index is 12.4. The molecule has 3 rings (SSSR count). The lowest BCUT2D eigenvalue weighted by molar-refractivity contribution is -0.115. The van der Waals surface area contributed by atoms with Gasteiger partial charge in [-0.15, -0.1) is 0 Å². The van der Waals surface area contributed by atoms with Gasteiger partial charge in [0.2, 0.25) is 33.6 Å². The Balaban J connectivity index is 1.72. The van der Waals surface area contributed by atoms with Crippen LogP contribution in [0.4, 0.5) is 11.6 Å². The number of rotatable bonds is 6. The van der Waals surface area contributed by atoms with Crippen molar-refractivity contribution in [3.05, 3.63) is 29.8 Å². The third-order valence-electron chi connectivity index (χ3n) is 4.05. The summed E-state index contributed by atoms with van der Waals surface area (Å²) in [6.07, 6.45) is 0.620. The third kappa shape index (κ3) is 4.26. The maximum absolute atomic E-state index is 12.4. The predicted octanol–water partition coefficient (Wildman–Crippen LogP) is 0.142. The first-order valence-corrected chi connectivity index (χ1v) is 9.52. The molecule has 11 heteroatoms. The molecular formula is C16H19N5O5S. The molecule has 0 saturated heterocycles. The fraction of sp³-hybridized carbons (Fsp3) is 0.312. The minimum absolute atomic E-state index is 0.0597. The Morgan fingerprint density at radius 1 is 1.22 bits per heavy atom. The Hall–Kier alpha value is -2.92. The number of aromatic nitrogens is 2. The second-order valence-corrected chi connectivity index (χ2v) is 7.39. The molecular weight excluding hydrogens is 374 g/mol. The van der Waals surface area contributed by atoms with E-state index in [1.807, 2.05) is 4.90 Å². The molecule has 2 heterocycles. The lowest BCUT2D eigenvalue weighted by atomic mass is 10.2. The highest BCUT2D eigenvalue weighted by Crippen LogP contribution is 2.29. The number of carbonyl (C=O) groups is 1. The molecule has 1 aromatic heterocycles. The van der Waals surface area contributed by atoms with Gasteiger partial charge in [-0.1, -0.05) is 0 Å². The van der Waals surface area contributed by atoms with Gasteiger partial charge in [0.1, 0.15) is 0 Å². The summed E-state index contributed by atoms with van der Waals surface area (Å²) in [5.74, 6) is 0.271. The van der Waals surface area contributed by atoms with E-state index in [0.29, 0.717) is 13.0 Å². The molecule has 0 fully saturated rings. The molecule has 0 saturated carbocycles. The number of fused-ring (bicyclic) bond motifs is 1. The van der Waals surface area contributed by atoms with Crippen molar-refractivity contribution in [2.24, 2.45) is 5.14 Å². The first-order chi connectivity index (χ1) is 12.8. The van der Waals surface area contributed by atoms with Gasteiger partial charge in [0.25, 0.3) is 0 Å². The summed E-state index contributed by atoms with van der Waals surface area (Å²) >= 11 is 0. The van der Waals surface area contributed by atoms with Crippen LogP contribution in [0.3, 0.4) is 0 Å². The number of amides is 1. The van der Waals surface area contributed by atoms with Crippen LogP contribution in [0.25, 0.3) is 0 Å².